The summed E-state index contributed by atoms with van der Waals surface area (Å²) in [6.45, 7) is 13.7. The maximum Gasteiger partial charge on any atom is 0.0710 e. The van der Waals surface area contributed by atoms with Gasteiger partial charge in [-0.3, -0.25) is 4.90 Å². The van der Waals surface area contributed by atoms with E-state index in [0.29, 0.717) is 18.1 Å². The Kier molecular flexibility index (Phi) is 6.45. The van der Waals surface area contributed by atoms with Crippen LogP contribution < -0.4 is 5.32 Å². The zero-order valence-corrected chi connectivity index (χ0v) is 12.2. The first kappa shape index (κ1) is 14.9. The topological polar surface area (TPSA) is 24.5 Å². The predicted octanol–water partition coefficient (Wildman–Crippen LogP) is 1.98. The van der Waals surface area contributed by atoms with Gasteiger partial charge in [0.25, 0.3) is 0 Å². The Bertz CT molecular complexity index is 206. The van der Waals surface area contributed by atoms with Gasteiger partial charge in [0.15, 0.2) is 0 Å². The summed E-state index contributed by atoms with van der Waals surface area (Å²) < 4.78 is 5.45. The monoisotopic (exact) mass is 242 g/mol. The number of methoxy groups -OCH3 is 1. The Morgan fingerprint density at radius 1 is 1.24 bits per heavy atom. The summed E-state index contributed by atoms with van der Waals surface area (Å²) >= 11 is 0. The molecule has 0 radical (unpaired) electrons. The van der Waals surface area contributed by atoms with Crippen LogP contribution in [-0.4, -0.2) is 50.3 Å². The Labute approximate surface area is 107 Å². The van der Waals surface area contributed by atoms with Crippen LogP contribution in [0.1, 0.15) is 34.1 Å². The number of ether oxygens (including phenoxy) is 1. The van der Waals surface area contributed by atoms with E-state index in [2.05, 4.69) is 37.9 Å². The average molecular weight is 242 g/mol. The number of rotatable bonds is 7. The van der Waals surface area contributed by atoms with E-state index in [1.54, 1.807) is 0 Å². The number of likely N-dealkylation sites (tertiary alicyclic amines) is 1. The molecule has 0 aromatic carbocycles. The van der Waals surface area contributed by atoms with Gasteiger partial charge >= 0.3 is 0 Å². The number of hydrogen-bond acceptors (Lipinski definition) is 3. The van der Waals surface area contributed by atoms with E-state index in [0.717, 1.165) is 25.6 Å². The van der Waals surface area contributed by atoms with Gasteiger partial charge in [0.1, 0.15) is 0 Å². The van der Waals surface area contributed by atoms with Crippen molar-refractivity contribution in [3.63, 3.8) is 0 Å². The molecule has 3 heteroatoms. The normalized spacial score (nSPS) is 23.8. The van der Waals surface area contributed by atoms with Gasteiger partial charge in [-0.15, -0.1) is 0 Å². The number of hydrogen-bond donors (Lipinski definition) is 1. The second-order valence-corrected chi connectivity index (χ2v) is 6.00. The highest BCUT2D eigenvalue weighted by atomic mass is 16.5. The largest absolute Gasteiger partial charge is 0.380 e. The van der Waals surface area contributed by atoms with Crippen molar-refractivity contribution in [3.05, 3.63) is 0 Å². The van der Waals surface area contributed by atoms with Crippen LogP contribution in [-0.2, 0) is 4.74 Å². The lowest BCUT2D eigenvalue weighted by Gasteiger charge is -2.31. The zero-order valence-electron chi connectivity index (χ0n) is 12.2. The number of nitrogens with one attached hydrogen (secondary N) is 1. The molecule has 0 bridgehead atoms. The molecule has 1 aliphatic heterocycles. The second kappa shape index (κ2) is 7.34. The van der Waals surface area contributed by atoms with Crippen molar-refractivity contribution in [1.82, 2.24) is 10.2 Å². The lowest BCUT2D eigenvalue weighted by atomic mass is 10.0. The molecule has 1 saturated heterocycles. The van der Waals surface area contributed by atoms with Crippen molar-refractivity contribution in [2.45, 2.75) is 46.3 Å². The highest BCUT2D eigenvalue weighted by Crippen LogP contribution is 2.19. The summed E-state index contributed by atoms with van der Waals surface area (Å²) in [5.74, 6) is 1.43. The highest BCUT2D eigenvalue weighted by Gasteiger charge is 2.29. The first-order valence-corrected chi connectivity index (χ1v) is 7.02. The van der Waals surface area contributed by atoms with E-state index in [1.165, 1.54) is 13.0 Å². The van der Waals surface area contributed by atoms with Crippen molar-refractivity contribution in [2.24, 2.45) is 11.8 Å². The minimum absolute atomic E-state index is 0.446. The van der Waals surface area contributed by atoms with Gasteiger partial charge in [-0.1, -0.05) is 27.7 Å². The molecule has 1 fully saturated rings. The third-order valence-electron chi connectivity index (χ3n) is 3.65. The molecule has 102 valence electrons. The lowest BCUT2D eigenvalue weighted by molar-refractivity contribution is 0.0941. The number of nitrogens with zero attached hydrogens (tertiary/aromatic N) is 1. The summed E-state index contributed by atoms with van der Waals surface area (Å²) in [5, 5.41) is 3.59. The third kappa shape index (κ3) is 4.94. The predicted molar refractivity (Wildman–Crippen MR) is 73.3 cm³/mol. The molecule has 0 aliphatic carbocycles. The van der Waals surface area contributed by atoms with Gasteiger partial charge < -0.3 is 10.1 Å². The summed E-state index contributed by atoms with van der Waals surface area (Å²) in [7, 11) is 1.83. The summed E-state index contributed by atoms with van der Waals surface area (Å²) in [6, 6.07) is 0.647. The van der Waals surface area contributed by atoms with E-state index in [1.807, 2.05) is 7.11 Å². The van der Waals surface area contributed by atoms with Crippen LogP contribution >= 0.6 is 0 Å². The third-order valence-corrected chi connectivity index (χ3v) is 3.65. The fourth-order valence-electron chi connectivity index (χ4n) is 2.55. The van der Waals surface area contributed by atoms with Gasteiger partial charge in [0, 0.05) is 32.8 Å². The van der Waals surface area contributed by atoms with Crippen LogP contribution in [0, 0.1) is 11.8 Å². The molecule has 1 aliphatic rings. The molecule has 1 heterocycles. The van der Waals surface area contributed by atoms with E-state index < -0.39 is 0 Å². The van der Waals surface area contributed by atoms with Crippen LogP contribution in [0.15, 0.2) is 0 Å². The molecule has 0 spiro atoms. The van der Waals surface area contributed by atoms with Gasteiger partial charge in [-0.05, 0) is 24.8 Å². The molecule has 2 atom stereocenters. The summed E-state index contributed by atoms with van der Waals surface area (Å²) in [4.78, 5) is 2.59. The van der Waals surface area contributed by atoms with Crippen LogP contribution in [0.4, 0.5) is 0 Å². The minimum Gasteiger partial charge on any atom is -0.380 e. The molecule has 0 saturated carbocycles. The maximum atomic E-state index is 5.45. The summed E-state index contributed by atoms with van der Waals surface area (Å²) in [5.41, 5.74) is 0. The van der Waals surface area contributed by atoms with Crippen molar-refractivity contribution >= 4 is 0 Å². The fourth-order valence-corrected chi connectivity index (χ4v) is 2.55. The molecule has 0 aromatic rings. The molecule has 3 nitrogen and oxygen atoms in total. The molecule has 0 amide bonds. The Morgan fingerprint density at radius 2 is 1.94 bits per heavy atom. The van der Waals surface area contributed by atoms with Gasteiger partial charge in [0.2, 0.25) is 0 Å². The van der Waals surface area contributed by atoms with Crippen LogP contribution in [0.25, 0.3) is 0 Å². The smallest absolute Gasteiger partial charge is 0.0710 e. The van der Waals surface area contributed by atoms with Gasteiger partial charge in [-0.25, -0.2) is 0 Å². The van der Waals surface area contributed by atoms with Gasteiger partial charge in [0.05, 0.1) is 6.10 Å². The first-order chi connectivity index (χ1) is 8.04. The van der Waals surface area contributed by atoms with E-state index >= 15 is 0 Å². The highest BCUT2D eigenvalue weighted by molar-refractivity contribution is 4.85. The van der Waals surface area contributed by atoms with Crippen LogP contribution in [0.2, 0.25) is 0 Å². The lowest BCUT2D eigenvalue weighted by Crippen LogP contribution is -2.45. The van der Waals surface area contributed by atoms with Gasteiger partial charge in [-0.2, -0.15) is 0 Å². The minimum atomic E-state index is 0.446. The maximum absolute atomic E-state index is 5.45. The SMILES string of the molecule is COC1CCN(C(CNCC(C)C)C(C)C)C1. The quantitative estimate of drug-likeness (QED) is 0.739. The molecule has 17 heavy (non-hydrogen) atoms. The van der Waals surface area contributed by atoms with Crippen molar-refractivity contribution in [3.8, 4) is 0 Å². The van der Waals surface area contributed by atoms with E-state index in [4.69, 9.17) is 4.74 Å². The second-order valence-electron chi connectivity index (χ2n) is 6.00. The average Bonchev–Trinajstić information content (AvgIpc) is 2.71. The standard InChI is InChI=1S/C14H30N2O/c1-11(2)8-15-9-14(12(3)4)16-7-6-13(10-16)17-5/h11-15H,6-10H2,1-5H3. The first-order valence-electron chi connectivity index (χ1n) is 7.02. The van der Waals surface area contributed by atoms with Crippen molar-refractivity contribution < 1.29 is 4.74 Å². The zero-order chi connectivity index (χ0) is 12.8. The molecule has 0 aromatic heterocycles. The molecular weight excluding hydrogens is 212 g/mol. The van der Waals surface area contributed by atoms with E-state index in [-0.39, 0.29) is 0 Å². The van der Waals surface area contributed by atoms with Crippen LogP contribution in [0.3, 0.4) is 0 Å². The van der Waals surface area contributed by atoms with Crippen molar-refractivity contribution in [1.29, 1.82) is 0 Å². The Hall–Kier alpha value is -0.120. The van der Waals surface area contributed by atoms with Crippen molar-refractivity contribution in [2.75, 3.05) is 33.3 Å². The summed E-state index contributed by atoms with van der Waals surface area (Å²) in [6.07, 6.45) is 1.63. The molecule has 2 unspecified atom stereocenters. The molecule has 1 rings (SSSR count). The van der Waals surface area contributed by atoms with Crippen LogP contribution in [0.5, 0.6) is 0 Å². The Morgan fingerprint density at radius 3 is 2.41 bits per heavy atom. The molecular formula is C14H30N2O. The fraction of sp³-hybridized carbons (Fsp3) is 1.00. The molecule has 1 N–H and O–H groups in total. The van der Waals surface area contributed by atoms with E-state index in [9.17, 15) is 0 Å². The Balaban J connectivity index is 2.38.